The number of thiazole rings is 1. The first-order valence-corrected chi connectivity index (χ1v) is 8.96. The Bertz CT molecular complexity index is 857. The van der Waals surface area contributed by atoms with Crippen LogP contribution in [0.2, 0.25) is 0 Å². The van der Waals surface area contributed by atoms with Crippen molar-refractivity contribution in [2.24, 2.45) is 0 Å². The van der Waals surface area contributed by atoms with Crippen molar-refractivity contribution in [2.45, 2.75) is 32.2 Å². The van der Waals surface area contributed by atoms with Crippen molar-refractivity contribution in [2.75, 3.05) is 11.9 Å². The predicted molar refractivity (Wildman–Crippen MR) is 95.3 cm³/mol. The summed E-state index contributed by atoms with van der Waals surface area (Å²) < 4.78 is 1.09. The van der Waals surface area contributed by atoms with E-state index in [9.17, 15) is 4.79 Å². The molecule has 3 aromatic rings. The molecule has 2 amide bonds. The number of H-pyrrole nitrogens is 1. The zero-order valence-corrected chi connectivity index (χ0v) is 14.3. The Morgan fingerprint density at radius 2 is 2.33 bits per heavy atom. The number of nitrogens with one attached hydrogen (secondary N) is 2. The van der Waals surface area contributed by atoms with E-state index in [0.717, 1.165) is 52.3 Å². The highest BCUT2D eigenvalue weighted by Gasteiger charge is 2.28. The lowest BCUT2D eigenvalue weighted by Gasteiger charge is -2.35. The van der Waals surface area contributed by atoms with Crippen LogP contribution in [0.5, 0.6) is 0 Å². The number of carbonyl (C=O) groups excluding carboxylic acids is 1. The lowest BCUT2D eigenvalue weighted by Crippen LogP contribution is -2.41. The molecule has 1 aliphatic heterocycles. The van der Waals surface area contributed by atoms with Crippen molar-refractivity contribution in [1.29, 1.82) is 0 Å². The number of piperidine rings is 1. The molecule has 1 aromatic carbocycles. The molecule has 0 spiro atoms. The molecule has 124 valence electrons. The number of benzene rings is 1. The van der Waals surface area contributed by atoms with E-state index in [-0.39, 0.29) is 12.1 Å². The Balaban J connectivity index is 1.54. The maximum Gasteiger partial charge on any atom is 0.322 e. The van der Waals surface area contributed by atoms with Crippen molar-refractivity contribution in [3.63, 3.8) is 0 Å². The number of urea groups is 1. The lowest BCUT2D eigenvalue weighted by molar-refractivity contribution is 0.163. The molecule has 1 fully saturated rings. The van der Waals surface area contributed by atoms with Crippen molar-refractivity contribution < 1.29 is 4.79 Å². The Morgan fingerprint density at radius 3 is 3.17 bits per heavy atom. The molecular formula is C17H19N5OS. The third-order valence-electron chi connectivity index (χ3n) is 4.41. The minimum atomic E-state index is -0.0542. The fourth-order valence-corrected chi connectivity index (χ4v) is 4.14. The number of likely N-dealkylation sites (tertiary alicyclic amines) is 1. The summed E-state index contributed by atoms with van der Waals surface area (Å²) in [5.41, 5.74) is 2.86. The van der Waals surface area contributed by atoms with Gasteiger partial charge < -0.3 is 10.2 Å². The van der Waals surface area contributed by atoms with Crippen molar-refractivity contribution in [3.8, 4) is 0 Å². The summed E-state index contributed by atoms with van der Waals surface area (Å²) in [5, 5.41) is 10.9. The summed E-state index contributed by atoms with van der Waals surface area (Å²) in [6.07, 6.45) is 6.82. The zero-order valence-electron chi connectivity index (χ0n) is 13.5. The van der Waals surface area contributed by atoms with E-state index in [4.69, 9.17) is 0 Å². The molecule has 24 heavy (non-hydrogen) atoms. The second-order valence-electron chi connectivity index (χ2n) is 6.08. The largest absolute Gasteiger partial charge is 0.322 e. The van der Waals surface area contributed by atoms with Crippen LogP contribution in [-0.2, 0) is 0 Å². The topological polar surface area (TPSA) is 73.9 Å². The first-order chi connectivity index (χ1) is 11.7. The van der Waals surface area contributed by atoms with Gasteiger partial charge in [0.25, 0.3) is 0 Å². The van der Waals surface area contributed by atoms with Crippen LogP contribution in [-0.4, -0.2) is 32.7 Å². The molecule has 1 atom stereocenters. The average molecular weight is 341 g/mol. The fourth-order valence-electron chi connectivity index (χ4n) is 3.28. The van der Waals surface area contributed by atoms with E-state index in [1.54, 1.807) is 11.3 Å². The van der Waals surface area contributed by atoms with Crippen LogP contribution in [0, 0.1) is 6.92 Å². The maximum atomic E-state index is 12.8. The van der Waals surface area contributed by atoms with Gasteiger partial charge in [0.05, 0.1) is 27.5 Å². The van der Waals surface area contributed by atoms with Crippen LogP contribution in [0.15, 0.2) is 30.6 Å². The van der Waals surface area contributed by atoms with Gasteiger partial charge in [-0.2, -0.15) is 5.10 Å². The highest BCUT2D eigenvalue weighted by Crippen LogP contribution is 2.31. The Hall–Kier alpha value is -2.41. The standard InChI is InChI=1S/C17H19N5OS/c1-11-20-14-6-5-13(8-16(14)24-11)21-17(23)22-7-3-2-4-15(22)12-9-18-19-10-12/h5-6,8-10,15H,2-4,7H2,1H3,(H,18,19)(H,21,23). The molecule has 2 aromatic heterocycles. The monoisotopic (exact) mass is 341 g/mol. The van der Waals surface area contributed by atoms with Gasteiger partial charge in [-0.05, 0) is 44.4 Å². The molecule has 0 saturated carbocycles. The number of nitrogens with zero attached hydrogens (tertiary/aromatic N) is 3. The van der Waals surface area contributed by atoms with Crippen LogP contribution >= 0.6 is 11.3 Å². The van der Waals surface area contributed by atoms with E-state index >= 15 is 0 Å². The van der Waals surface area contributed by atoms with Gasteiger partial charge in [0, 0.05) is 24.0 Å². The van der Waals surface area contributed by atoms with Gasteiger partial charge in [-0.3, -0.25) is 5.10 Å². The first kappa shape index (κ1) is 15.1. The molecule has 0 radical (unpaired) electrons. The molecule has 0 bridgehead atoms. The molecular weight excluding hydrogens is 322 g/mol. The Labute approximate surface area is 143 Å². The Kier molecular flexibility index (Phi) is 3.93. The smallest absolute Gasteiger partial charge is 0.317 e. The second kappa shape index (κ2) is 6.24. The summed E-state index contributed by atoms with van der Waals surface area (Å²) in [5.74, 6) is 0. The number of anilines is 1. The number of aryl methyl sites for hydroxylation is 1. The third kappa shape index (κ3) is 2.87. The number of rotatable bonds is 2. The van der Waals surface area contributed by atoms with Gasteiger partial charge in [0.1, 0.15) is 0 Å². The van der Waals surface area contributed by atoms with E-state index in [2.05, 4.69) is 20.5 Å². The number of hydrogen-bond acceptors (Lipinski definition) is 4. The summed E-state index contributed by atoms with van der Waals surface area (Å²) >= 11 is 1.64. The first-order valence-electron chi connectivity index (χ1n) is 8.14. The van der Waals surface area contributed by atoms with Crippen molar-refractivity contribution in [1.82, 2.24) is 20.1 Å². The zero-order chi connectivity index (χ0) is 16.5. The molecule has 1 unspecified atom stereocenters. The third-order valence-corrected chi connectivity index (χ3v) is 5.35. The summed E-state index contributed by atoms with van der Waals surface area (Å²) in [6.45, 7) is 2.76. The van der Waals surface area contributed by atoms with Crippen LogP contribution < -0.4 is 5.32 Å². The van der Waals surface area contributed by atoms with E-state index in [0.29, 0.717) is 0 Å². The van der Waals surface area contributed by atoms with Gasteiger partial charge >= 0.3 is 6.03 Å². The number of fused-ring (bicyclic) bond motifs is 1. The molecule has 2 N–H and O–H groups in total. The lowest BCUT2D eigenvalue weighted by atomic mass is 9.98. The van der Waals surface area contributed by atoms with Crippen LogP contribution in [0.4, 0.5) is 10.5 Å². The van der Waals surface area contributed by atoms with E-state index in [1.165, 1.54) is 0 Å². The molecule has 7 heteroatoms. The number of aromatic amines is 1. The molecule has 4 rings (SSSR count). The molecule has 3 heterocycles. The fraction of sp³-hybridized carbons (Fsp3) is 0.353. The minimum Gasteiger partial charge on any atom is -0.317 e. The second-order valence-corrected chi connectivity index (χ2v) is 7.32. The summed E-state index contributed by atoms with van der Waals surface area (Å²) in [4.78, 5) is 19.2. The molecule has 1 saturated heterocycles. The van der Waals surface area contributed by atoms with Gasteiger partial charge in [-0.1, -0.05) is 0 Å². The number of carbonyl (C=O) groups is 1. The van der Waals surface area contributed by atoms with Crippen molar-refractivity contribution >= 4 is 33.3 Å². The highest BCUT2D eigenvalue weighted by molar-refractivity contribution is 7.18. The highest BCUT2D eigenvalue weighted by atomic mass is 32.1. The number of hydrogen-bond donors (Lipinski definition) is 2. The average Bonchev–Trinajstić information content (AvgIpc) is 3.23. The van der Waals surface area contributed by atoms with Crippen molar-refractivity contribution in [3.05, 3.63) is 41.2 Å². The molecule has 0 aliphatic carbocycles. The maximum absolute atomic E-state index is 12.8. The van der Waals surface area contributed by atoms with Gasteiger partial charge in [0.15, 0.2) is 0 Å². The Morgan fingerprint density at radius 1 is 1.42 bits per heavy atom. The predicted octanol–water partition coefficient (Wildman–Crippen LogP) is 4.09. The SMILES string of the molecule is Cc1nc2ccc(NC(=O)N3CCCCC3c3cn[nH]c3)cc2s1. The minimum absolute atomic E-state index is 0.0542. The summed E-state index contributed by atoms with van der Waals surface area (Å²) in [7, 11) is 0. The quantitative estimate of drug-likeness (QED) is 0.737. The van der Waals surface area contributed by atoms with E-state index in [1.807, 2.05) is 42.4 Å². The number of aromatic nitrogens is 3. The van der Waals surface area contributed by atoms with E-state index < -0.39 is 0 Å². The van der Waals surface area contributed by atoms with Crippen LogP contribution in [0.1, 0.15) is 35.9 Å². The van der Waals surface area contributed by atoms with Crippen LogP contribution in [0.3, 0.4) is 0 Å². The van der Waals surface area contributed by atoms with Gasteiger partial charge in [-0.15, -0.1) is 11.3 Å². The van der Waals surface area contributed by atoms with Gasteiger partial charge in [-0.25, -0.2) is 9.78 Å². The normalized spacial score (nSPS) is 18.0. The van der Waals surface area contributed by atoms with Crippen LogP contribution in [0.25, 0.3) is 10.2 Å². The number of amides is 2. The molecule has 6 nitrogen and oxygen atoms in total. The van der Waals surface area contributed by atoms with Gasteiger partial charge in [0.2, 0.25) is 0 Å². The molecule has 1 aliphatic rings. The summed E-state index contributed by atoms with van der Waals surface area (Å²) in [6, 6.07) is 5.90.